The summed E-state index contributed by atoms with van der Waals surface area (Å²) in [5, 5.41) is 0. The van der Waals surface area contributed by atoms with Crippen LogP contribution >= 0.6 is 0 Å². The van der Waals surface area contributed by atoms with E-state index in [9.17, 15) is 4.39 Å². The molecule has 0 bridgehead atoms. The summed E-state index contributed by atoms with van der Waals surface area (Å²) in [4.78, 5) is 2.43. The quantitative estimate of drug-likeness (QED) is 0.568. The molecule has 1 fully saturated rings. The van der Waals surface area contributed by atoms with Crippen molar-refractivity contribution >= 4 is 6.85 Å². The Morgan fingerprint density at radius 2 is 1.88 bits per heavy atom. The number of hydrogen-bond acceptors (Lipinski definition) is 1. The van der Waals surface area contributed by atoms with E-state index in [4.69, 9.17) is 0 Å². The minimum Gasteiger partial charge on any atom is -0.340 e. The first-order valence-electron chi connectivity index (χ1n) is 6.49. The van der Waals surface area contributed by atoms with E-state index in [1.165, 1.54) is 18.7 Å². The van der Waals surface area contributed by atoms with E-state index in [1.807, 2.05) is 13.0 Å². The highest BCUT2D eigenvalue weighted by Crippen LogP contribution is 2.28. The lowest BCUT2D eigenvalue weighted by Gasteiger charge is -2.18. The van der Waals surface area contributed by atoms with E-state index >= 15 is 0 Å². The molecule has 17 heavy (non-hydrogen) atoms. The summed E-state index contributed by atoms with van der Waals surface area (Å²) in [7, 11) is 0. The van der Waals surface area contributed by atoms with Gasteiger partial charge in [0.1, 0.15) is 5.82 Å². The van der Waals surface area contributed by atoms with Gasteiger partial charge in [-0.15, -0.1) is 0 Å². The van der Waals surface area contributed by atoms with Gasteiger partial charge in [0.25, 0.3) is 0 Å². The van der Waals surface area contributed by atoms with Crippen LogP contribution in [0.4, 0.5) is 4.39 Å². The van der Waals surface area contributed by atoms with E-state index in [2.05, 4.69) is 25.5 Å². The summed E-state index contributed by atoms with van der Waals surface area (Å²) in [6, 6.07) is 3.69. The van der Waals surface area contributed by atoms with Crippen molar-refractivity contribution in [3.05, 3.63) is 34.6 Å². The standard InChI is InChI=1S/C14H21BFN/c1-10-7-13(14(16)8-11(10)2)12(3)9-15(4)17-5-6-17/h7-8,12H,5-6,9H2,1-4H3. The summed E-state index contributed by atoms with van der Waals surface area (Å²) in [6.07, 6.45) is 1.04. The number of rotatable bonds is 4. The Morgan fingerprint density at radius 3 is 2.47 bits per heavy atom. The van der Waals surface area contributed by atoms with Crippen molar-refractivity contribution in [2.45, 2.75) is 39.8 Å². The van der Waals surface area contributed by atoms with Gasteiger partial charge in [0.15, 0.2) is 0 Å². The maximum absolute atomic E-state index is 13.9. The summed E-state index contributed by atoms with van der Waals surface area (Å²) in [6.45, 7) is 11.4. The zero-order valence-corrected chi connectivity index (χ0v) is 11.3. The van der Waals surface area contributed by atoms with Gasteiger partial charge in [-0.25, -0.2) is 4.39 Å². The van der Waals surface area contributed by atoms with Crippen molar-refractivity contribution in [3.63, 3.8) is 0 Å². The monoisotopic (exact) mass is 233 g/mol. The SMILES string of the molecule is CB(CC(C)c1cc(C)c(C)cc1F)N1CC1. The average Bonchev–Trinajstić information content (AvgIpc) is 3.06. The molecule has 0 amide bonds. The van der Waals surface area contributed by atoms with Crippen molar-refractivity contribution < 1.29 is 4.39 Å². The fraction of sp³-hybridized carbons (Fsp3) is 0.571. The van der Waals surface area contributed by atoms with E-state index in [0.29, 0.717) is 12.8 Å². The minimum absolute atomic E-state index is 0.0430. The molecule has 0 spiro atoms. The van der Waals surface area contributed by atoms with Gasteiger partial charge < -0.3 is 4.81 Å². The van der Waals surface area contributed by atoms with E-state index < -0.39 is 0 Å². The fourth-order valence-corrected chi connectivity index (χ4v) is 2.47. The smallest absolute Gasteiger partial charge is 0.220 e. The summed E-state index contributed by atoms with van der Waals surface area (Å²) < 4.78 is 13.9. The molecule has 2 rings (SSSR count). The second-order valence-corrected chi connectivity index (χ2v) is 5.48. The lowest BCUT2D eigenvalue weighted by atomic mass is 9.57. The fourth-order valence-electron chi connectivity index (χ4n) is 2.47. The van der Waals surface area contributed by atoms with Crippen LogP contribution in [0.25, 0.3) is 0 Å². The maximum Gasteiger partial charge on any atom is 0.220 e. The zero-order chi connectivity index (χ0) is 12.6. The molecule has 0 aliphatic carbocycles. The first-order chi connectivity index (χ1) is 7.99. The minimum atomic E-state index is -0.0430. The van der Waals surface area contributed by atoms with E-state index in [-0.39, 0.29) is 5.82 Å². The van der Waals surface area contributed by atoms with Crippen LogP contribution < -0.4 is 0 Å². The number of hydrogen-bond donors (Lipinski definition) is 0. The van der Waals surface area contributed by atoms with Gasteiger partial charge >= 0.3 is 0 Å². The number of benzene rings is 1. The molecule has 0 N–H and O–H groups in total. The molecule has 0 aromatic heterocycles. The second kappa shape index (κ2) is 4.81. The Bertz CT molecular complexity index is 415. The molecular formula is C14H21BFN. The molecule has 0 radical (unpaired) electrons. The van der Waals surface area contributed by atoms with Crippen molar-refractivity contribution in [1.29, 1.82) is 0 Å². The van der Waals surface area contributed by atoms with Crippen LogP contribution in [0.2, 0.25) is 13.1 Å². The van der Waals surface area contributed by atoms with Crippen molar-refractivity contribution in [2.75, 3.05) is 13.1 Å². The predicted octanol–water partition coefficient (Wildman–Crippen LogP) is 3.48. The molecule has 1 saturated heterocycles. The van der Waals surface area contributed by atoms with Gasteiger partial charge in [0.2, 0.25) is 6.85 Å². The Morgan fingerprint density at radius 1 is 1.29 bits per heavy atom. The molecule has 1 aromatic rings. The molecule has 1 aliphatic rings. The Balaban J connectivity index is 2.12. The summed E-state index contributed by atoms with van der Waals surface area (Å²) >= 11 is 0. The molecule has 1 atom stereocenters. The van der Waals surface area contributed by atoms with Crippen LogP contribution in [0.5, 0.6) is 0 Å². The van der Waals surface area contributed by atoms with Gasteiger partial charge in [-0.3, -0.25) is 0 Å². The number of nitrogens with zero attached hydrogens (tertiary/aromatic N) is 1. The lowest BCUT2D eigenvalue weighted by molar-refractivity contribution is 0.594. The van der Waals surface area contributed by atoms with Crippen molar-refractivity contribution in [1.82, 2.24) is 4.81 Å². The Hall–Kier alpha value is -0.825. The predicted molar refractivity (Wildman–Crippen MR) is 72.3 cm³/mol. The van der Waals surface area contributed by atoms with Crippen LogP contribution in [0, 0.1) is 19.7 Å². The van der Waals surface area contributed by atoms with Gasteiger partial charge in [0, 0.05) is 0 Å². The van der Waals surface area contributed by atoms with Crippen molar-refractivity contribution in [3.8, 4) is 0 Å². The number of halogens is 1. The van der Waals surface area contributed by atoms with Crippen LogP contribution in [-0.2, 0) is 0 Å². The van der Waals surface area contributed by atoms with E-state index in [0.717, 1.165) is 17.4 Å². The summed E-state index contributed by atoms with van der Waals surface area (Å²) in [5.41, 5.74) is 3.10. The third-order valence-electron chi connectivity index (χ3n) is 3.94. The molecule has 1 unspecified atom stereocenters. The van der Waals surface area contributed by atoms with Crippen molar-refractivity contribution in [2.24, 2.45) is 0 Å². The molecule has 0 saturated carbocycles. The molecule has 1 aliphatic heterocycles. The Labute approximate surface area is 104 Å². The van der Waals surface area contributed by atoms with Crippen LogP contribution in [0.1, 0.15) is 29.5 Å². The Kier molecular flexibility index (Phi) is 3.57. The van der Waals surface area contributed by atoms with Crippen LogP contribution in [0.3, 0.4) is 0 Å². The van der Waals surface area contributed by atoms with Gasteiger partial charge in [-0.1, -0.05) is 26.1 Å². The topological polar surface area (TPSA) is 3.01 Å². The maximum atomic E-state index is 13.9. The van der Waals surface area contributed by atoms with Gasteiger partial charge in [0.05, 0.1) is 0 Å². The highest BCUT2D eigenvalue weighted by atomic mass is 19.1. The highest BCUT2D eigenvalue weighted by Gasteiger charge is 2.28. The molecule has 1 heterocycles. The largest absolute Gasteiger partial charge is 0.340 e. The van der Waals surface area contributed by atoms with Gasteiger partial charge in [-0.2, -0.15) is 0 Å². The third kappa shape index (κ3) is 2.89. The van der Waals surface area contributed by atoms with E-state index in [1.54, 1.807) is 6.07 Å². The lowest BCUT2D eigenvalue weighted by Crippen LogP contribution is -2.21. The molecule has 1 aromatic carbocycles. The van der Waals surface area contributed by atoms with Crippen LogP contribution in [0.15, 0.2) is 12.1 Å². The molecule has 1 nitrogen and oxygen atoms in total. The molecule has 3 heteroatoms. The highest BCUT2D eigenvalue weighted by molar-refractivity contribution is 6.55. The zero-order valence-electron chi connectivity index (χ0n) is 11.3. The second-order valence-electron chi connectivity index (χ2n) is 5.48. The molecular weight excluding hydrogens is 212 g/mol. The average molecular weight is 233 g/mol. The first-order valence-corrected chi connectivity index (χ1v) is 6.49. The summed E-state index contributed by atoms with van der Waals surface area (Å²) in [5.74, 6) is 0.253. The normalized spacial score (nSPS) is 17.0. The first kappa shape index (κ1) is 12.6. The molecule has 92 valence electrons. The van der Waals surface area contributed by atoms with Gasteiger partial charge in [-0.05, 0) is 55.6 Å². The number of aryl methyl sites for hydroxylation is 2. The third-order valence-corrected chi connectivity index (χ3v) is 3.94. The van der Waals surface area contributed by atoms with Crippen LogP contribution in [-0.4, -0.2) is 24.7 Å².